The van der Waals surface area contributed by atoms with E-state index >= 15 is 0 Å². The summed E-state index contributed by atoms with van der Waals surface area (Å²) in [6.07, 6.45) is 0. The maximum Gasteiger partial charge on any atom is 0.234 e. The van der Waals surface area contributed by atoms with Gasteiger partial charge in [0.25, 0.3) is 0 Å². The predicted octanol–water partition coefficient (Wildman–Crippen LogP) is 1.11. The third-order valence-electron chi connectivity index (χ3n) is 2.80. The molecular formula is C14H22N2O3. The molecular weight excluding hydrogens is 244 g/mol. The molecule has 1 atom stereocenters. The molecule has 1 aromatic carbocycles. The van der Waals surface area contributed by atoms with Crippen LogP contribution in [0.2, 0.25) is 0 Å². The summed E-state index contributed by atoms with van der Waals surface area (Å²) in [6, 6.07) is 7.82. The van der Waals surface area contributed by atoms with Crippen molar-refractivity contribution in [2.24, 2.45) is 0 Å². The number of rotatable bonds is 8. The largest absolute Gasteiger partial charge is 0.496 e. The second-order valence-electron chi connectivity index (χ2n) is 4.19. The molecule has 2 N–H and O–H groups in total. The van der Waals surface area contributed by atoms with E-state index in [1.54, 1.807) is 14.2 Å². The summed E-state index contributed by atoms with van der Waals surface area (Å²) < 4.78 is 10.2. The summed E-state index contributed by atoms with van der Waals surface area (Å²) in [4.78, 5) is 11.5. The molecule has 0 aliphatic rings. The minimum atomic E-state index is -0.0428. The first kappa shape index (κ1) is 15.5. The van der Waals surface area contributed by atoms with Crippen LogP contribution in [0.15, 0.2) is 24.3 Å². The Morgan fingerprint density at radius 2 is 2.05 bits per heavy atom. The highest BCUT2D eigenvalue weighted by Gasteiger charge is 2.11. The van der Waals surface area contributed by atoms with Gasteiger partial charge in [-0.05, 0) is 13.0 Å². The lowest BCUT2D eigenvalue weighted by molar-refractivity contribution is -0.120. The number of carbonyl (C=O) groups is 1. The molecule has 0 radical (unpaired) electrons. The predicted molar refractivity (Wildman–Crippen MR) is 74.3 cm³/mol. The van der Waals surface area contributed by atoms with Crippen LogP contribution < -0.4 is 15.4 Å². The Balaban J connectivity index is 2.42. The molecule has 5 nitrogen and oxygen atoms in total. The molecule has 0 unspecified atom stereocenters. The fourth-order valence-corrected chi connectivity index (χ4v) is 1.73. The maximum absolute atomic E-state index is 11.5. The SMILES string of the molecule is COCCNC(=O)CN[C@@H](C)c1ccccc1OC. The van der Waals surface area contributed by atoms with Crippen molar-refractivity contribution in [2.75, 3.05) is 33.9 Å². The molecule has 0 heterocycles. The minimum Gasteiger partial charge on any atom is -0.496 e. The minimum absolute atomic E-state index is 0.0428. The van der Waals surface area contributed by atoms with Crippen LogP contribution in [0, 0.1) is 0 Å². The van der Waals surface area contributed by atoms with Crippen LogP contribution in [-0.2, 0) is 9.53 Å². The average molecular weight is 266 g/mol. The van der Waals surface area contributed by atoms with Gasteiger partial charge in [0.2, 0.25) is 5.91 Å². The van der Waals surface area contributed by atoms with Crippen molar-refractivity contribution in [1.29, 1.82) is 0 Å². The van der Waals surface area contributed by atoms with Crippen LogP contribution in [0.5, 0.6) is 5.75 Å². The summed E-state index contributed by atoms with van der Waals surface area (Å²) in [7, 11) is 3.25. The van der Waals surface area contributed by atoms with E-state index in [9.17, 15) is 4.79 Å². The highest BCUT2D eigenvalue weighted by atomic mass is 16.5. The smallest absolute Gasteiger partial charge is 0.234 e. The molecule has 5 heteroatoms. The summed E-state index contributed by atoms with van der Waals surface area (Å²) in [6.45, 7) is 3.32. The van der Waals surface area contributed by atoms with Crippen LogP contribution in [0.1, 0.15) is 18.5 Å². The average Bonchev–Trinajstić information content (AvgIpc) is 2.45. The van der Waals surface area contributed by atoms with Crippen molar-refractivity contribution >= 4 is 5.91 Å². The highest BCUT2D eigenvalue weighted by Crippen LogP contribution is 2.23. The zero-order valence-corrected chi connectivity index (χ0v) is 11.7. The molecule has 0 spiro atoms. The lowest BCUT2D eigenvalue weighted by atomic mass is 10.1. The molecule has 1 rings (SSSR count). The molecule has 0 saturated heterocycles. The van der Waals surface area contributed by atoms with E-state index in [1.807, 2.05) is 31.2 Å². The molecule has 1 amide bonds. The Hall–Kier alpha value is -1.59. The van der Waals surface area contributed by atoms with Gasteiger partial charge in [0.05, 0.1) is 20.3 Å². The first-order chi connectivity index (χ1) is 9.19. The maximum atomic E-state index is 11.5. The molecule has 0 bridgehead atoms. The Labute approximate surface area is 114 Å². The summed E-state index contributed by atoms with van der Waals surface area (Å²) in [5.41, 5.74) is 1.04. The van der Waals surface area contributed by atoms with E-state index in [0.29, 0.717) is 13.2 Å². The first-order valence-electron chi connectivity index (χ1n) is 6.31. The van der Waals surface area contributed by atoms with Gasteiger partial charge in [-0.1, -0.05) is 18.2 Å². The second-order valence-corrected chi connectivity index (χ2v) is 4.19. The molecule has 0 aromatic heterocycles. The first-order valence-corrected chi connectivity index (χ1v) is 6.31. The zero-order valence-electron chi connectivity index (χ0n) is 11.7. The number of benzene rings is 1. The number of para-hydroxylation sites is 1. The normalized spacial score (nSPS) is 11.9. The van der Waals surface area contributed by atoms with Crippen LogP contribution in [0.25, 0.3) is 0 Å². The standard InChI is InChI=1S/C14H22N2O3/c1-11(12-6-4-5-7-13(12)19-3)16-10-14(17)15-8-9-18-2/h4-7,11,16H,8-10H2,1-3H3,(H,15,17)/t11-/m0/s1. The van der Waals surface area contributed by atoms with Gasteiger partial charge in [-0.15, -0.1) is 0 Å². The van der Waals surface area contributed by atoms with Crippen LogP contribution in [0.3, 0.4) is 0 Å². The number of carbonyl (C=O) groups excluding carboxylic acids is 1. The molecule has 0 aliphatic carbocycles. The van der Waals surface area contributed by atoms with Gasteiger partial charge >= 0.3 is 0 Å². The summed E-state index contributed by atoms with van der Waals surface area (Å²) in [5, 5.41) is 5.93. The fourth-order valence-electron chi connectivity index (χ4n) is 1.73. The third-order valence-corrected chi connectivity index (χ3v) is 2.80. The van der Waals surface area contributed by atoms with Crippen molar-refractivity contribution in [2.45, 2.75) is 13.0 Å². The van der Waals surface area contributed by atoms with Gasteiger partial charge in [0.15, 0.2) is 0 Å². The van der Waals surface area contributed by atoms with E-state index in [-0.39, 0.29) is 18.5 Å². The van der Waals surface area contributed by atoms with Crippen LogP contribution in [-0.4, -0.2) is 39.8 Å². The topological polar surface area (TPSA) is 59.6 Å². The van der Waals surface area contributed by atoms with Gasteiger partial charge in [0, 0.05) is 25.3 Å². The zero-order chi connectivity index (χ0) is 14.1. The Bertz CT molecular complexity index is 396. The van der Waals surface area contributed by atoms with E-state index in [2.05, 4.69) is 10.6 Å². The van der Waals surface area contributed by atoms with Crippen LogP contribution in [0.4, 0.5) is 0 Å². The fraction of sp³-hybridized carbons (Fsp3) is 0.500. The number of nitrogens with one attached hydrogen (secondary N) is 2. The summed E-state index contributed by atoms with van der Waals surface area (Å²) >= 11 is 0. The van der Waals surface area contributed by atoms with E-state index in [0.717, 1.165) is 11.3 Å². The Kier molecular flexibility index (Phi) is 6.92. The lowest BCUT2D eigenvalue weighted by Crippen LogP contribution is -2.36. The molecule has 1 aromatic rings. The number of methoxy groups -OCH3 is 2. The van der Waals surface area contributed by atoms with Crippen molar-refractivity contribution in [3.63, 3.8) is 0 Å². The van der Waals surface area contributed by atoms with E-state index in [1.165, 1.54) is 0 Å². The molecule has 0 fully saturated rings. The monoisotopic (exact) mass is 266 g/mol. The van der Waals surface area contributed by atoms with Crippen LogP contribution >= 0.6 is 0 Å². The number of amides is 1. The van der Waals surface area contributed by atoms with Gasteiger partial charge in [-0.3, -0.25) is 4.79 Å². The number of hydrogen-bond acceptors (Lipinski definition) is 4. The second kappa shape index (κ2) is 8.50. The quantitative estimate of drug-likeness (QED) is 0.692. The number of ether oxygens (including phenoxy) is 2. The van der Waals surface area contributed by atoms with Crippen molar-refractivity contribution in [3.8, 4) is 5.75 Å². The van der Waals surface area contributed by atoms with E-state index < -0.39 is 0 Å². The Morgan fingerprint density at radius 3 is 2.74 bits per heavy atom. The number of hydrogen-bond donors (Lipinski definition) is 2. The van der Waals surface area contributed by atoms with Gasteiger partial charge in [-0.25, -0.2) is 0 Å². The third kappa shape index (κ3) is 5.28. The lowest BCUT2D eigenvalue weighted by Gasteiger charge is -2.17. The van der Waals surface area contributed by atoms with E-state index in [4.69, 9.17) is 9.47 Å². The molecule has 106 valence electrons. The molecule has 0 saturated carbocycles. The van der Waals surface area contributed by atoms with Gasteiger partial charge < -0.3 is 20.1 Å². The van der Waals surface area contributed by atoms with Crippen molar-refractivity contribution in [3.05, 3.63) is 29.8 Å². The van der Waals surface area contributed by atoms with Crippen molar-refractivity contribution < 1.29 is 14.3 Å². The van der Waals surface area contributed by atoms with Gasteiger partial charge in [0.1, 0.15) is 5.75 Å². The highest BCUT2D eigenvalue weighted by molar-refractivity contribution is 5.78. The molecule has 0 aliphatic heterocycles. The van der Waals surface area contributed by atoms with Crippen molar-refractivity contribution in [1.82, 2.24) is 10.6 Å². The molecule has 19 heavy (non-hydrogen) atoms. The Morgan fingerprint density at radius 1 is 1.32 bits per heavy atom. The van der Waals surface area contributed by atoms with Gasteiger partial charge in [-0.2, -0.15) is 0 Å². The summed E-state index contributed by atoms with van der Waals surface area (Å²) in [5.74, 6) is 0.779.